The van der Waals surface area contributed by atoms with Crippen LogP contribution >= 0.6 is 0 Å². The van der Waals surface area contributed by atoms with Gasteiger partial charge in [-0.25, -0.2) is 0 Å². The van der Waals surface area contributed by atoms with Gasteiger partial charge >= 0.3 is 11.9 Å². The lowest BCUT2D eigenvalue weighted by Crippen LogP contribution is -2.50. The van der Waals surface area contributed by atoms with E-state index in [0.717, 1.165) is 18.3 Å². The minimum absolute atomic E-state index is 0.174. The van der Waals surface area contributed by atoms with E-state index in [9.17, 15) is 14.7 Å². The number of aliphatic carboxylic acids is 1. The number of ether oxygens (including phenoxy) is 1. The lowest BCUT2D eigenvalue weighted by Gasteiger charge is -2.58. The smallest absolute Gasteiger partial charge is 0.320 e. The van der Waals surface area contributed by atoms with Crippen LogP contribution in [0.15, 0.2) is 11.6 Å². The highest BCUT2D eigenvalue weighted by Crippen LogP contribution is 2.67. The van der Waals surface area contributed by atoms with Gasteiger partial charge in [-0.15, -0.1) is 0 Å². The Bertz CT molecular complexity index is 697. The Kier molecular flexibility index (Phi) is 5.59. The summed E-state index contributed by atoms with van der Waals surface area (Å²) in [6.07, 6.45) is 14.2. The normalized spacial score (nSPS) is 42.1. The third-order valence-corrected chi connectivity index (χ3v) is 9.61. The molecule has 7 atom stereocenters. The predicted molar refractivity (Wildman–Crippen MR) is 112 cm³/mol. The van der Waals surface area contributed by atoms with Crippen LogP contribution in [0, 0.1) is 40.4 Å². The quantitative estimate of drug-likeness (QED) is 0.369. The number of carbonyl (C=O) groups excluding carboxylic acids is 1. The van der Waals surface area contributed by atoms with Crippen LogP contribution in [0.5, 0.6) is 0 Å². The summed E-state index contributed by atoms with van der Waals surface area (Å²) in [5, 5.41) is 9.65. The summed E-state index contributed by atoms with van der Waals surface area (Å²) in [4.78, 5) is 24.0. The molecule has 0 aliphatic heterocycles. The van der Waals surface area contributed by atoms with E-state index in [1.165, 1.54) is 51.4 Å². The Hall–Kier alpha value is -1.32. The maximum Gasteiger partial charge on any atom is 0.320 e. The van der Waals surface area contributed by atoms with E-state index in [1.54, 1.807) is 12.5 Å². The summed E-state index contributed by atoms with van der Waals surface area (Å²) in [5.41, 5.74) is 2.30. The minimum Gasteiger partial charge on any atom is -0.481 e. The molecule has 0 spiro atoms. The number of rotatable bonds is 5. The molecular formula is C25H38O4. The zero-order valence-corrected chi connectivity index (χ0v) is 18.4. The second kappa shape index (κ2) is 7.74. The van der Waals surface area contributed by atoms with Crippen LogP contribution in [-0.4, -0.2) is 23.7 Å². The monoisotopic (exact) mass is 402 g/mol. The van der Waals surface area contributed by atoms with Gasteiger partial charge in [0.15, 0.2) is 5.92 Å². The van der Waals surface area contributed by atoms with Crippen molar-refractivity contribution in [1.29, 1.82) is 0 Å². The first kappa shape index (κ1) is 20.9. The molecule has 4 aliphatic rings. The number of carboxylic acid groups (broad SMARTS) is 1. The molecule has 0 amide bonds. The van der Waals surface area contributed by atoms with Crippen LogP contribution in [-0.2, 0) is 14.3 Å². The highest BCUT2D eigenvalue weighted by Gasteiger charge is 2.59. The van der Waals surface area contributed by atoms with Crippen molar-refractivity contribution in [2.45, 2.75) is 85.0 Å². The highest BCUT2D eigenvalue weighted by atomic mass is 16.5. The van der Waals surface area contributed by atoms with Gasteiger partial charge in [-0.05, 0) is 106 Å². The van der Waals surface area contributed by atoms with Crippen molar-refractivity contribution < 1.29 is 19.4 Å². The first-order valence-corrected chi connectivity index (χ1v) is 11.9. The van der Waals surface area contributed by atoms with Gasteiger partial charge in [-0.3, -0.25) is 9.59 Å². The molecule has 0 aromatic carbocycles. The molecule has 4 nitrogen and oxygen atoms in total. The summed E-state index contributed by atoms with van der Waals surface area (Å²) in [6.45, 7) is 6.92. The van der Waals surface area contributed by atoms with Gasteiger partial charge in [-0.1, -0.05) is 25.5 Å². The SMILES string of the molecule is CCOC(=O)C(C[C@H]1CC[C@H]2[C@@H]3CCC4=CCCC[C@]4(C)[C@H]3CC[C@]12C)C(=O)O. The van der Waals surface area contributed by atoms with Crippen LogP contribution in [0.3, 0.4) is 0 Å². The lowest BCUT2D eigenvalue weighted by atomic mass is 9.46. The molecule has 29 heavy (non-hydrogen) atoms. The number of carboxylic acids is 1. The van der Waals surface area contributed by atoms with Gasteiger partial charge < -0.3 is 9.84 Å². The molecule has 4 heteroatoms. The molecule has 3 fully saturated rings. The number of hydrogen-bond donors (Lipinski definition) is 1. The number of hydrogen-bond acceptors (Lipinski definition) is 3. The third kappa shape index (κ3) is 3.35. The van der Waals surface area contributed by atoms with Crippen molar-refractivity contribution in [3.63, 3.8) is 0 Å². The molecule has 0 bridgehead atoms. The van der Waals surface area contributed by atoms with Crippen LogP contribution < -0.4 is 0 Å². The molecule has 3 saturated carbocycles. The van der Waals surface area contributed by atoms with E-state index in [0.29, 0.717) is 23.7 Å². The van der Waals surface area contributed by atoms with Crippen molar-refractivity contribution in [2.24, 2.45) is 40.4 Å². The average molecular weight is 403 g/mol. The summed E-state index contributed by atoms with van der Waals surface area (Å²) in [6, 6.07) is 0. The van der Waals surface area contributed by atoms with Crippen molar-refractivity contribution in [3.8, 4) is 0 Å². The Morgan fingerprint density at radius 3 is 2.69 bits per heavy atom. The second-order valence-electron chi connectivity index (χ2n) is 10.7. The van der Waals surface area contributed by atoms with Crippen LogP contribution in [0.1, 0.15) is 85.0 Å². The van der Waals surface area contributed by atoms with E-state index >= 15 is 0 Å². The van der Waals surface area contributed by atoms with Crippen LogP contribution in [0.2, 0.25) is 0 Å². The van der Waals surface area contributed by atoms with E-state index in [4.69, 9.17) is 4.74 Å². The van der Waals surface area contributed by atoms with E-state index in [2.05, 4.69) is 19.9 Å². The third-order valence-electron chi connectivity index (χ3n) is 9.61. The van der Waals surface area contributed by atoms with Gasteiger partial charge in [0, 0.05) is 0 Å². The summed E-state index contributed by atoms with van der Waals surface area (Å²) >= 11 is 0. The molecule has 0 radical (unpaired) electrons. The Morgan fingerprint density at radius 2 is 1.97 bits per heavy atom. The van der Waals surface area contributed by atoms with Gasteiger partial charge in [0.2, 0.25) is 0 Å². The van der Waals surface area contributed by atoms with Gasteiger partial charge in [0.05, 0.1) is 6.61 Å². The number of allylic oxidation sites excluding steroid dienone is 2. The van der Waals surface area contributed by atoms with Crippen molar-refractivity contribution in [2.75, 3.05) is 6.61 Å². The van der Waals surface area contributed by atoms with Crippen molar-refractivity contribution in [1.82, 2.24) is 0 Å². The fourth-order valence-corrected chi connectivity index (χ4v) is 8.07. The fraction of sp³-hybridized carbons (Fsp3) is 0.840. The molecule has 0 heterocycles. The summed E-state index contributed by atoms with van der Waals surface area (Å²) in [7, 11) is 0. The summed E-state index contributed by atoms with van der Waals surface area (Å²) < 4.78 is 5.08. The zero-order chi connectivity index (χ0) is 20.8. The van der Waals surface area contributed by atoms with E-state index in [-0.39, 0.29) is 12.0 Å². The van der Waals surface area contributed by atoms with Crippen LogP contribution in [0.25, 0.3) is 0 Å². The zero-order valence-electron chi connectivity index (χ0n) is 18.4. The van der Waals surface area contributed by atoms with Crippen LogP contribution in [0.4, 0.5) is 0 Å². The Balaban J connectivity index is 1.53. The molecule has 4 aliphatic carbocycles. The fourth-order valence-electron chi connectivity index (χ4n) is 8.07. The van der Waals surface area contributed by atoms with Crippen molar-refractivity contribution in [3.05, 3.63) is 11.6 Å². The Morgan fingerprint density at radius 1 is 1.17 bits per heavy atom. The standard InChI is InChI=1S/C25H38O4/c1-4-29-23(28)19(22(26)27)15-17-9-11-20-18-10-8-16-7-5-6-13-24(16,2)21(18)12-14-25(17,20)3/h7,17-21H,4-6,8-15H2,1-3H3,(H,26,27)/t17-,18+,19?,20+,21+,24+,25-/m1/s1. The number of esters is 1. The van der Waals surface area contributed by atoms with E-state index in [1.807, 2.05) is 0 Å². The molecule has 4 rings (SSSR count). The molecule has 1 N–H and O–H groups in total. The molecular weight excluding hydrogens is 364 g/mol. The maximum absolute atomic E-state index is 12.3. The topological polar surface area (TPSA) is 63.6 Å². The van der Waals surface area contributed by atoms with Gasteiger partial charge in [0.1, 0.15) is 0 Å². The molecule has 162 valence electrons. The molecule has 0 aromatic rings. The average Bonchev–Trinajstić information content (AvgIpc) is 3.01. The largest absolute Gasteiger partial charge is 0.481 e. The van der Waals surface area contributed by atoms with E-state index < -0.39 is 17.9 Å². The Labute approximate surface area is 175 Å². The highest BCUT2D eigenvalue weighted by molar-refractivity contribution is 5.93. The minimum atomic E-state index is -1.02. The second-order valence-corrected chi connectivity index (χ2v) is 10.7. The van der Waals surface area contributed by atoms with Gasteiger partial charge in [-0.2, -0.15) is 0 Å². The lowest BCUT2D eigenvalue weighted by molar-refractivity contribution is -0.160. The molecule has 0 saturated heterocycles. The number of carbonyl (C=O) groups is 2. The molecule has 1 unspecified atom stereocenters. The first-order chi connectivity index (χ1) is 13.8. The van der Waals surface area contributed by atoms with Crippen molar-refractivity contribution >= 4 is 11.9 Å². The molecule has 0 aromatic heterocycles. The predicted octanol–water partition coefficient (Wildman–Crippen LogP) is 5.61. The summed E-state index contributed by atoms with van der Waals surface area (Å²) in [5.74, 6) is -0.0256. The maximum atomic E-state index is 12.3. The number of fused-ring (bicyclic) bond motifs is 5. The first-order valence-electron chi connectivity index (χ1n) is 11.9. The van der Waals surface area contributed by atoms with Gasteiger partial charge in [0.25, 0.3) is 0 Å².